The van der Waals surface area contributed by atoms with Crippen LogP contribution in [0.5, 0.6) is 0 Å². The largest absolute Gasteiger partial charge is 0.459 e. The van der Waals surface area contributed by atoms with Crippen molar-refractivity contribution in [2.45, 2.75) is 71.1 Å². The maximum atomic E-state index is 13.0. The Morgan fingerprint density at radius 1 is 0.950 bits per heavy atom. The van der Waals surface area contributed by atoms with Gasteiger partial charge in [-0.1, -0.05) is 18.2 Å². The van der Waals surface area contributed by atoms with Gasteiger partial charge in [0.25, 0.3) is 11.8 Å². The van der Waals surface area contributed by atoms with Crippen LogP contribution < -0.4 is 16.0 Å². The number of benzene rings is 2. The second kappa shape index (κ2) is 10.6. The molecule has 1 saturated heterocycles. The van der Waals surface area contributed by atoms with Crippen LogP contribution in [0.25, 0.3) is 0 Å². The smallest absolute Gasteiger partial charge is 0.319 e. The molecule has 3 N–H and O–H groups in total. The minimum atomic E-state index is -1.04. The number of urea groups is 1. The molecule has 4 rings (SSSR count). The number of anilines is 1. The molecule has 1 fully saturated rings. The SMILES string of the molecule is CC(C)(C)OC(=O)C(C)(C)c1ccc(NC(=O)NCc2ccc3c(c2)C(=O)N(C2CCC(=O)NC2=O)C3=O)cc1. The number of carbonyl (C=O) groups excluding carboxylic acids is 6. The first-order chi connectivity index (χ1) is 18.7. The van der Waals surface area contributed by atoms with Crippen LogP contribution in [0.15, 0.2) is 42.5 Å². The van der Waals surface area contributed by atoms with E-state index < -0.39 is 46.7 Å². The average molecular weight is 549 g/mol. The molecule has 0 saturated carbocycles. The van der Waals surface area contributed by atoms with Crippen molar-refractivity contribution in [3.8, 4) is 0 Å². The zero-order valence-electron chi connectivity index (χ0n) is 23.0. The van der Waals surface area contributed by atoms with Gasteiger partial charge in [-0.05, 0) is 76.4 Å². The fraction of sp³-hybridized carbons (Fsp3) is 0.379. The Balaban J connectivity index is 1.36. The third-order valence-electron chi connectivity index (χ3n) is 6.73. The van der Waals surface area contributed by atoms with Gasteiger partial charge in [0.15, 0.2) is 0 Å². The van der Waals surface area contributed by atoms with Crippen LogP contribution in [-0.4, -0.2) is 52.2 Å². The highest BCUT2D eigenvalue weighted by atomic mass is 16.6. The molecule has 0 aliphatic carbocycles. The molecule has 2 heterocycles. The van der Waals surface area contributed by atoms with Crippen molar-refractivity contribution in [2.75, 3.05) is 5.32 Å². The molecule has 0 spiro atoms. The maximum absolute atomic E-state index is 13.0. The van der Waals surface area contributed by atoms with E-state index in [2.05, 4.69) is 16.0 Å². The molecule has 1 atom stereocenters. The topological polar surface area (TPSA) is 151 Å². The lowest BCUT2D eigenvalue weighted by Gasteiger charge is -2.29. The van der Waals surface area contributed by atoms with Gasteiger partial charge in [-0.15, -0.1) is 0 Å². The number of amides is 6. The summed E-state index contributed by atoms with van der Waals surface area (Å²) in [6.07, 6.45) is 0.114. The van der Waals surface area contributed by atoms with E-state index in [4.69, 9.17) is 4.74 Å². The number of imide groups is 2. The van der Waals surface area contributed by atoms with Gasteiger partial charge in [0, 0.05) is 18.7 Å². The number of fused-ring (bicyclic) bond motifs is 1. The second-order valence-corrected chi connectivity index (χ2v) is 11.3. The van der Waals surface area contributed by atoms with Gasteiger partial charge < -0.3 is 15.4 Å². The van der Waals surface area contributed by atoms with Crippen LogP contribution in [0.3, 0.4) is 0 Å². The van der Waals surface area contributed by atoms with E-state index in [0.29, 0.717) is 11.3 Å². The maximum Gasteiger partial charge on any atom is 0.319 e. The molecular weight excluding hydrogens is 516 g/mol. The first kappa shape index (κ1) is 28.5. The number of esters is 1. The van der Waals surface area contributed by atoms with E-state index >= 15 is 0 Å². The Hall–Kier alpha value is -4.54. The van der Waals surface area contributed by atoms with Crippen molar-refractivity contribution in [3.63, 3.8) is 0 Å². The highest BCUT2D eigenvalue weighted by Crippen LogP contribution is 2.29. The summed E-state index contributed by atoms with van der Waals surface area (Å²) in [4.78, 5) is 75.5. The average Bonchev–Trinajstić information content (AvgIpc) is 3.11. The number of hydrogen-bond donors (Lipinski definition) is 3. The summed E-state index contributed by atoms with van der Waals surface area (Å²) in [6.45, 7) is 9.04. The van der Waals surface area contributed by atoms with E-state index in [1.54, 1.807) is 44.2 Å². The summed E-state index contributed by atoms with van der Waals surface area (Å²) in [5.74, 6) is -2.68. The third-order valence-corrected chi connectivity index (χ3v) is 6.73. The summed E-state index contributed by atoms with van der Waals surface area (Å²) in [7, 11) is 0. The Kier molecular flexibility index (Phi) is 7.51. The monoisotopic (exact) mass is 548 g/mol. The summed E-state index contributed by atoms with van der Waals surface area (Å²) < 4.78 is 5.52. The van der Waals surface area contributed by atoms with Gasteiger partial charge in [0.05, 0.1) is 16.5 Å². The number of piperidine rings is 1. The van der Waals surface area contributed by atoms with Gasteiger partial charge >= 0.3 is 12.0 Å². The molecule has 2 aliphatic heterocycles. The molecule has 40 heavy (non-hydrogen) atoms. The molecule has 0 radical (unpaired) electrons. The Labute approximate surface area is 231 Å². The lowest BCUT2D eigenvalue weighted by Crippen LogP contribution is -2.54. The van der Waals surface area contributed by atoms with E-state index in [1.165, 1.54) is 12.1 Å². The molecule has 6 amide bonds. The van der Waals surface area contributed by atoms with Crippen molar-refractivity contribution < 1.29 is 33.5 Å². The molecule has 2 aliphatic rings. The molecular formula is C29H32N4O7. The fourth-order valence-corrected chi connectivity index (χ4v) is 4.48. The summed E-state index contributed by atoms with van der Waals surface area (Å²) in [5, 5.41) is 7.58. The lowest BCUT2D eigenvalue weighted by atomic mass is 9.84. The normalized spacial score (nSPS) is 17.3. The number of ether oxygens (including phenoxy) is 1. The van der Waals surface area contributed by atoms with Gasteiger partial charge in [-0.2, -0.15) is 0 Å². The van der Waals surface area contributed by atoms with E-state index in [1.807, 2.05) is 20.8 Å². The van der Waals surface area contributed by atoms with E-state index in [0.717, 1.165) is 10.5 Å². The van der Waals surface area contributed by atoms with Gasteiger partial charge in [0.2, 0.25) is 11.8 Å². The van der Waals surface area contributed by atoms with Crippen LogP contribution in [0, 0.1) is 0 Å². The van der Waals surface area contributed by atoms with Crippen molar-refractivity contribution in [2.24, 2.45) is 0 Å². The summed E-state index contributed by atoms with van der Waals surface area (Å²) in [5.41, 5.74) is 0.633. The first-order valence-electron chi connectivity index (χ1n) is 12.9. The predicted molar refractivity (Wildman–Crippen MR) is 144 cm³/mol. The Bertz CT molecular complexity index is 1410. The third kappa shape index (κ3) is 5.88. The van der Waals surface area contributed by atoms with Gasteiger partial charge in [-0.25, -0.2) is 4.79 Å². The quantitative estimate of drug-likeness (QED) is 0.371. The fourth-order valence-electron chi connectivity index (χ4n) is 4.48. The van der Waals surface area contributed by atoms with E-state index in [-0.39, 0.29) is 36.5 Å². The van der Waals surface area contributed by atoms with Crippen LogP contribution in [-0.2, 0) is 31.1 Å². The van der Waals surface area contributed by atoms with Crippen LogP contribution in [0.1, 0.15) is 79.3 Å². The minimum absolute atomic E-state index is 0.0400. The van der Waals surface area contributed by atoms with Gasteiger partial charge in [0.1, 0.15) is 11.6 Å². The van der Waals surface area contributed by atoms with Crippen molar-refractivity contribution in [3.05, 3.63) is 64.7 Å². The van der Waals surface area contributed by atoms with Crippen LogP contribution in [0.4, 0.5) is 10.5 Å². The lowest BCUT2D eigenvalue weighted by molar-refractivity contribution is -0.160. The highest BCUT2D eigenvalue weighted by Gasteiger charge is 2.44. The Morgan fingerprint density at radius 3 is 2.23 bits per heavy atom. The minimum Gasteiger partial charge on any atom is -0.459 e. The molecule has 2 aromatic rings. The molecule has 2 aromatic carbocycles. The molecule has 11 nitrogen and oxygen atoms in total. The number of nitrogens with zero attached hydrogens (tertiary/aromatic N) is 1. The molecule has 0 bridgehead atoms. The second-order valence-electron chi connectivity index (χ2n) is 11.3. The summed E-state index contributed by atoms with van der Waals surface area (Å²) >= 11 is 0. The van der Waals surface area contributed by atoms with Crippen LogP contribution in [0.2, 0.25) is 0 Å². The molecule has 0 aromatic heterocycles. The summed E-state index contributed by atoms with van der Waals surface area (Å²) in [6, 6.07) is 9.94. The van der Waals surface area contributed by atoms with E-state index in [9.17, 15) is 28.8 Å². The molecule has 11 heteroatoms. The number of rotatable bonds is 6. The number of nitrogens with one attached hydrogen (secondary N) is 3. The molecule has 210 valence electrons. The van der Waals surface area contributed by atoms with Gasteiger partial charge in [-0.3, -0.25) is 34.2 Å². The van der Waals surface area contributed by atoms with Crippen molar-refractivity contribution >= 4 is 41.3 Å². The number of carbonyl (C=O) groups is 6. The zero-order valence-corrected chi connectivity index (χ0v) is 23.0. The zero-order chi connectivity index (χ0) is 29.4. The first-order valence-corrected chi connectivity index (χ1v) is 12.9. The van der Waals surface area contributed by atoms with Crippen LogP contribution >= 0.6 is 0 Å². The van der Waals surface area contributed by atoms with Crippen molar-refractivity contribution in [1.29, 1.82) is 0 Å². The molecule has 1 unspecified atom stereocenters. The highest BCUT2D eigenvalue weighted by molar-refractivity contribution is 6.23. The van der Waals surface area contributed by atoms with Crippen molar-refractivity contribution in [1.82, 2.24) is 15.5 Å². The standard InChI is InChI=1S/C29H32N4O7/c1-28(2,3)40-26(38)29(4,5)17-7-9-18(10-8-17)31-27(39)30-15-16-6-11-19-20(14-16)25(37)33(24(19)36)21-12-13-22(34)32-23(21)35/h6-11,14,21H,12-13,15H2,1-5H3,(H2,30,31,39)(H,32,34,35). The Morgan fingerprint density at radius 2 is 1.60 bits per heavy atom. The number of hydrogen-bond acceptors (Lipinski definition) is 7. The predicted octanol–water partition coefficient (Wildman–Crippen LogP) is 3.03.